The molecule has 2 fully saturated rings. The van der Waals surface area contributed by atoms with Gasteiger partial charge in [-0.1, -0.05) is 36.4 Å². The highest BCUT2D eigenvalue weighted by atomic mass is 16.3. The van der Waals surface area contributed by atoms with E-state index in [9.17, 15) is 53.4 Å². The molecular weight excluding hydrogens is 698 g/mol. The minimum atomic E-state index is -2.94. The number of benzene rings is 3. The van der Waals surface area contributed by atoms with Crippen molar-refractivity contribution in [2.24, 2.45) is 35.3 Å². The Bertz CT molecular complexity index is 2280. The summed E-state index contributed by atoms with van der Waals surface area (Å²) in [6, 6.07) is 12.6. The van der Waals surface area contributed by atoms with Gasteiger partial charge in [-0.05, 0) is 68.6 Å². The molecule has 3 amide bonds. The number of aromatic hydroxyl groups is 1. The van der Waals surface area contributed by atoms with Crippen LogP contribution >= 0.6 is 0 Å². The number of phenols is 1. The van der Waals surface area contributed by atoms with Crippen LogP contribution in [0.25, 0.3) is 0 Å². The fraction of sp³-hybridized carbons (Fsp3) is 0.325. The third-order valence-corrected chi connectivity index (χ3v) is 12.0. The summed E-state index contributed by atoms with van der Waals surface area (Å²) in [5.41, 5.74) is 3.25. The monoisotopic (exact) mass is 731 g/mol. The molecule has 8 rings (SSSR count). The van der Waals surface area contributed by atoms with Crippen LogP contribution in [0, 0.1) is 29.6 Å². The average molecular weight is 732 g/mol. The maximum atomic E-state index is 14.6. The summed E-state index contributed by atoms with van der Waals surface area (Å²) in [6.45, 7) is -0.516. The number of fused-ring (bicyclic) bond motifs is 5. The van der Waals surface area contributed by atoms with Crippen molar-refractivity contribution in [2.45, 2.75) is 37.5 Å². The van der Waals surface area contributed by atoms with Crippen LogP contribution in [0.1, 0.15) is 74.9 Å². The molecule has 6 atom stereocenters. The number of Topliss-reactive ketones (excluding diaryl/α,β-unsaturated/α-hetero) is 6. The number of nitrogens with zero attached hydrogens (tertiary/aromatic N) is 2. The van der Waals surface area contributed by atoms with Crippen molar-refractivity contribution < 1.29 is 53.4 Å². The number of ketones is 6. The van der Waals surface area contributed by atoms with Gasteiger partial charge in [0.1, 0.15) is 5.75 Å². The zero-order valence-corrected chi connectivity index (χ0v) is 29.0. The molecular formula is C40H33N3O11. The molecule has 14 heteroatoms. The van der Waals surface area contributed by atoms with Gasteiger partial charge in [0.15, 0.2) is 46.2 Å². The second kappa shape index (κ2) is 12.0. The topological polar surface area (TPSA) is 227 Å². The van der Waals surface area contributed by atoms with E-state index >= 15 is 0 Å². The largest absolute Gasteiger partial charge is 0.507 e. The molecule has 0 saturated heterocycles. The smallest absolute Gasteiger partial charge is 0.261 e. The molecule has 14 nitrogen and oxygen atoms in total. The van der Waals surface area contributed by atoms with Crippen LogP contribution in [0.4, 0.5) is 0 Å². The van der Waals surface area contributed by atoms with Gasteiger partial charge in [0.25, 0.3) is 11.8 Å². The predicted molar refractivity (Wildman–Crippen MR) is 184 cm³/mol. The van der Waals surface area contributed by atoms with Crippen LogP contribution in [0.3, 0.4) is 0 Å². The molecule has 0 radical (unpaired) electrons. The van der Waals surface area contributed by atoms with Gasteiger partial charge in [-0.25, -0.2) is 0 Å². The number of rotatable bonds is 6. The van der Waals surface area contributed by atoms with E-state index in [0.29, 0.717) is 0 Å². The molecule has 1 aliphatic heterocycles. The zero-order valence-electron chi connectivity index (χ0n) is 29.0. The fourth-order valence-electron chi connectivity index (χ4n) is 9.48. The van der Waals surface area contributed by atoms with E-state index in [1.807, 2.05) is 0 Å². The summed E-state index contributed by atoms with van der Waals surface area (Å²) in [5.74, 6) is -16.0. The lowest BCUT2D eigenvalue weighted by atomic mass is 9.52. The summed E-state index contributed by atoms with van der Waals surface area (Å²) < 4.78 is 0. The molecule has 4 aliphatic carbocycles. The molecule has 1 heterocycles. The highest BCUT2D eigenvalue weighted by molar-refractivity contribution is 6.32. The van der Waals surface area contributed by atoms with Crippen molar-refractivity contribution in [3.63, 3.8) is 0 Å². The lowest BCUT2D eigenvalue weighted by Crippen LogP contribution is -2.74. The average Bonchev–Trinajstić information content (AvgIpc) is 3.51. The van der Waals surface area contributed by atoms with Gasteiger partial charge in [-0.3, -0.25) is 53.0 Å². The lowest BCUT2D eigenvalue weighted by molar-refractivity contribution is -0.181. The predicted octanol–water partition coefficient (Wildman–Crippen LogP) is 0.901. The SMILES string of the molecule is CN(C)[C@H]1C(=O)C(C(N)=O)C(=O)[C@]2(O)C(=O)C3C(=O)c4c(O)c(CN5C(=O)c6ccccc6C5=O)cc(CC5C(=O)c6ccccc6C5=O)c4C[C@@H]3C[C@H]12. The second-order valence-corrected chi connectivity index (χ2v) is 15.0. The van der Waals surface area contributed by atoms with Crippen molar-refractivity contribution in [3.05, 3.63) is 99.1 Å². The van der Waals surface area contributed by atoms with Crippen LogP contribution in [0.2, 0.25) is 0 Å². The molecule has 0 bridgehead atoms. The van der Waals surface area contributed by atoms with E-state index in [2.05, 4.69) is 0 Å². The first-order chi connectivity index (χ1) is 25.6. The summed E-state index contributed by atoms with van der Waals surface area (Å²) in [6.07, 6.45) is -0.536. The standard InChI is InChI=1S/C40H33N3O11/c1-42(2)29-25-14-17-13-23-16(12-24-31(45)19-7-3-4-8-20(19)32(24)46)11-18(15-43-38(52)21-9-5-6-10-22(21)39(43)53)30(44)27(23)33(47)26(17)35(49)40(25,54)36(50)28(34(29)48)37(41)51/h3-11,17,24-26,28-29,44,54H,12-15H2,1-2H3,(H2,41,51)/t17-,25-,26?,28?,29-,40-/m1/s1. The van der Waals surface area contributed by atoms with Gasteiger partial charge in [-0.2, -0.15) is 0 Å². The Labute approximate surface area is 306 Å². The number of likely N-dealkylation sites (N-methyl/N-ethyl adjacent to an activating group) is 1. The number of primary amides is 1. The van der Waals surface area contributed by atoms with Crippen molar-refractivity contribution in [3.8, 4) is 5.75 Å². The number of imide groups is 1. The first-order valence-corrected chi connectivity index (χ1v) is 17.4. The van der Waals surface area contributed by atoms with Crippen LogP contribution in [-0.4, -0.2) is 98.2 Å². The van der Waals surface area contributed by atoms with E-state index < -0.39 is 106 Å². The van der Waals surface area contributed by atoms with Crippen LogP contribution < -0.4 is 5.73 Å². The second-order valence-electron chi connectivity index (χ2n) is 15.0. The molecule has 0 aromatic heterocycles. The van der Waals surface area contributed by atoms with Gasteiger partial charge in [0.05, 0.1) is 41.1 Å². The minimum Gasteiger partial charge on any atom is -0.507 e. The Morgan fingerprint density at radius 2 is 1.39 bits per heavy atom. The summed E-state index contributed by atoms with van der Waals surface area (Å²) >= 11 is 0. The highest BCUT2D eigenvalue weighted by Gasteiger charge is 2.69. The maximum absolute atomic E-state index is 14.6. The van der Waals surface area contributed by atoms with E-state index in [4.69, 9.17) is 5.73 Å². The van der Waals surface area contributed by atoms with Gasteiger partial charge in [0.2, 0.25) is 5.91 Å². The number of carbonyl (C=O) groups is 9. The third-order valence-electron chi connectivity index (χ3n) is 12.0. The quantitative estimate of drug-likeness (QED) is 0.238. The molecule has 3 aromatic rings. The number of carbonyl (C=O) groups excluding carboxylic acids is 9. The normalized spacial score (nSPS) is 27.6. The van der Waals surface area contributed by atoms with Crippen molar-refractivity contribution >= 4 is 52.4 Å². The molecule has 4 N–H and O–H groups in total. The van der Waals surface area contributed by atoms with Crippen LogP contribution in [0.5, 0.6) is 5.75 Å². The Morgan fingerprint density at radius 1 is 0.833 bits per heavy atom. The van der Waals surface area contributed by atoms with E-state index in [-0.39, 0.29) is 63.8 Å². The number of nitrogens with two attached hydrogens (primary N) is 1. The first kappa shape index (κ1) is 35.1. The third kappa shape index (κ3) is 4.62. The number of phenolic OH excluding ortho intramolecular Hbond substituents is 1. The van der Waals surface area contributed by atoms with E-state index in [0.717, 1.165) is 4.90 Å². The van der Waals surface area contributed by atoms with Crippen LogP contribution in [-0.2, 0) is 38.6 Å². The lowest BCUT2D eigenvalue weighted by Gasteiger charge is -2.52. The molecule has 0 spiro atoms. The highest BCUT2D eigenvalue weighted by Crippen LogP contribution is 2.52. The van der Waals surface area contributed by atoms with E-state index in [1.165, 1.54) is 49.3 Å². The van der Waals surface area contributed by atoms with Crippen molar-refractivity contribution in [1.82, 2.24) is 9.80 Å². The number of hydrogen-bond acceptors (Lipinski definition) is 12. The number of amides is 3. The summed E-state index contributed by atoms with van der Waals surface area (Å²) in [7, 11) is 2.96. The molecule has 274 valence electrons. The minimum absolute atomic E-state index is 0.0823. The summed E-state index contributed by atoms with van der Waals surface area (Å²) in [4.78, 5) is 125. The van der Waals surface area contributed by atoms with Crippen molar-refractivity contribution in [1.29, 1.82) is 0 Å². The molecule has 5 aliphatic rings. The Balaban J connectivity index is 1.25. The van der Waals surface area contributed by atoms with Gasteiger partial charge < -0.3 is 15.9 Å². The Hall–Kier alpha value is -5.99. The Kier molecular flexibility index (Phi) is 7.80. The zero-order chi connectivity index (χ0) is 38.7. The maximum Gasteiger partial charge on any atom is 0.261 e. The number of aliphatic hydroxyl groups is 1. The van der Waals surface area contributed by atoms with Gasteiger partial charge in [0, 0.05) is 22.6 Å². The van der Waals surface area contributed by atoms with E-state index in [1.54, 1.807) is 24.3 Å². The summed E-state index contributed by atoms with van der Waals surface area (Å²) in [5, 5.41) is 23.8. The van der Waals surface area contributed by atoms with Gasteiger partial charge >= 0.3 is 0 Å². The Morgan fingerprint density at radius 3 is 1.93 bits per heavy atom. The fourth-order valence-corrected chi connectivity index (χ4v) is 9.48. The molecule has 3 aromatic carbocycles. The molecule has 54 heavy (non-hydrogen) atoms. The van der Waals surface area contributed by atoms with Crippen LogP contribution in [0.15, 0.2) is 54.6 Å². The van der Waals surface area contributed by atoms with Crippen molar-refractivity contribution in [2.75, 3.05) is 14.1 Å². The first-order valence-electron chi connectivity index (χ1n) is 17.4. The molecule has 2 saturated carbocycles. The number of hydrogen-bond donors (Lipinski definition) is 3. The molecule has 2 unspecified atom stereocenters. The van der Waals surface area contributed by atoms with Gasteiger partial charge in [-0.15, -0.1) is 0 Å².